The Morgan fingerprint density at radius 1 is 1.44 bits per heavy atom. The standard InChI is InChI=1S/C11H17N3OS/c1-13-4-6-14(7-5-13)10(11(12)15)9-3-2-8-16-9/h2-3,8,10H,4-7H2,1H3,(H2,12,15). The number of carbonyl (C=O) groups is 1. The quantitative estimate of drug-likeness (QED) is 0.836. The number of amides is 1. The minimum Gasteiger partial charge on any atom is -0.368 e. The van der Waals surface area contributed by atoms with Gasteiger partial charge in [0.15, 0.2) is 0 Å². The van der Waals surface area contributed by atoms with Crippen LogP contribution in [0.15, 0.2) is 17.5 Å². The number of piperazine rings is 1. The van der Waals surface area contributed by atoms with Gasteiger partial charge in [-0.25, -0.2) is 0 Å². The Kier molecular flexibility index (Phi) is 3.58. The third kappa shape index (κ3) is 2.42. The van der Waals surface area contributed by atoms with Crippen molar-refractivity contribution in [2.24, 2.45) is 5.73 Å². The summed E-state index contributed by atoms with van der Waals surface area (Å²) in [6.45, 7) is 3.80. The molecule has 16 heavy (non-hydrogen) atoms. The van der Waals surface area contributed by atoms with E-state index in [0.717, 1.165) is 31.1 Å². The van der Waals surface area contributed by atoms with Crippen LogP contribution in [0.1, 0.15) is 10.9 Å². The molecule has 2 rings (SSSR count). The summed E-state index contributed by atoms with van der Waals surface area (Å²) in [5.74, 6) is -0.244. The molecule has 5 heteroatoms. The van der Waals surface area contributed by atoms with E-state index in [0.29, 0.717) is 0 Å². The van der Waals surface area contributed by atoms with Crippen LogP contribution >= 0.6 is 11.3 Å². The first-order chi connectivity index (χ1) is 7.68. The average molecular weight is 239 g/mol. The number of primary amides is 1. The van der Waals surface area contributed by atoms with Crippen LogP contribution in [0.2, 0.25) is 0 Å². The molecule has 1 aliphatic rings. The number of hydrogen-bond acceptors (Lipinski definition) is 4. The highest BCUT2D eigenvalue weighted by atomic mass is 32.1. The normalized spacial score (nSPS) is 20.8. The van der Waals surface area contributed by atoms with Gasteiger partial charge in [0.25, 0.3) is 0 Å². The molecule has 2 heterocycles. The first kappa shape index (κ1) is 11.6. The lowest BCUT2D eigenvalue weighted by atomic mass is 10.1. The van der Waals surface area contributed by atoms with Crippen LogP contribution in [0.5, 0.6) is 0 Å². The Morgan fingerprint density at radius 3 is 2.62 bits per heavy atom. The van der Waals surface area contributed by atoms with Gasteiger partial charge in [0, 0.05) is 31.1 Å². The molecule has 1 fully saturated rings. The SMILES string of the molecule is CN1CCN(C(C(N)=O)c2cccs2)CC1. The minimum atomic E-state index is -0.244. The van der Waals surface area contributed by atoms with Crippen molar-refractivity contribution in [3.05, 3.63) is 22.4 Å². The van der Waals surface area contributed by atoms with Crippen LogP contribution in [-0.2, 0) is 4.79 Å². The maximum atomic E-state index is 11.6. The molecule has 1 aromatic rings. The Hall–Kier alpha value is -0.910. The number of likely N-dealkylation sites (N-methyl/N-ethyl adjacent to an activating group) is 1. The summed E-state index contributed by atoms with van der Waals surface area (Å²) in [4.78, 5) is 17.0. The van der Waals surface area contributed by atoms with Gasteiger partial charge in [-0.05, 0) is 18.5 Å². The van der Waals surface area contributed by atoms with E-state index in [-0.39, 0.29) is 11.9 Å². The molecule has 0 saturated carbocycles. The fourth-order valence-electron chi connectivity index (χ4n) is 2.03. The summed E-state index contributed by atoms with van der Waals surface area (Å²) in [5.41, 5.74) is 5.51. The number of nitrogens with zero attached hydrogens (tertiary/aromatic N) is 2. The molecule has 0 aliphatic carbocycles. The van der Waals surface area contributed by atoms with Crippen molar-refractivity contribution >= 4 is 17.2 Å². The maximum absolute atomic E-state index is 11.6. The number of nitrogens with two attached hydrogens (primary N) is 1. The van der Waals surface area contributed by atoms with Crippen molar-refractivity contribution in [2.75, 3.05) is 33.2 Å². The van der Waals surface area contributed by atoms with Crippen LogP contribution < -0.4 is 5.73 Å². The minimum absolute atomic E-state index is 0.242. The molecule has 0 aromatic carbocycles. The smallest absolute Gasteiger partial charge is 0.240 e. The second kappa shape index (κ2) is 4.95. The Labute approximate surface area is 99.6 Å². The van der Waals surface area contributed by atoms with Gasteiger partial charge in [-0.3, -0.25) is 9.69 Å². The van der Waals surface area contributed by atoms with Gasteiger partial charge in [0.1, 0.15) is 6.04 Å². The van der Waals surface area contributed by atoms with Crippen LogP contribution in [0.4, 0.5) is 0 Å². The van der Waals surface area contributed by atoms with Gasteiger partial charge < -0.3 is 10.6 Å². The average Bonchev–Trinajstić information content (AvgIpc) is 2.74. The van der Waals surface area contributed by atoms with Gasteiger partial charge in [-0.2, -0.15) is 0 Å². The molecule has 1 amide bonds. The summed E-state index contributed by atoms with van der Waals surface area (Å²) in [6, 6.07) is 3.71. The number of hydrogen-bond donors (Lipinski definition) is 1. The lowest BCUT2D eigenvalue weighted by molar-refractivity contribution is -0.124. The van der Waals surface area contributed by atoms with Gasteiger partial charge in [0.2, 0.25) is 5.91 Å². The van der Waals surface area contributed by atoms with Crippen molar-refractivity contribution in [2.45, 2.75) is 6.04 Å². The molecule has 1 saturated heterocycles. The van der Waals surface area contributed by atoms with E-state index in [1.807, 2.05) is 17.5 Å². The van der Waals surface area contributed by atoms with E-state index in [4.69, 9.17) is 5.73 Å². The summed E-state index contributed by atoms with van der Waals surface area (Å²) in [6.07, 6.45) is 0. The fraction of sp³-hybridized carbons (Fsp3) is 0.545. The molecule has 2 N–H and O–H groups in total. The maximum Gasteiger partial charge on any atom is 0.240 e. The summed E-state index contributed by atoms with van der Waals surface area (Å²) < 4.78 is 0. The monoisotopic (exact) mass is 239 g/mol. The third-order valence-corrected chi connectivity index (χ3v) is 3.91. The molecular weight excluding hydrogens is 222 g/mol. The molecule has 1 unspecified atom stereocenters. The first-order valence-corrected chi connectivity index (χ1v) is 6.32. The summed E-state index contributed by atoms with van der Waals surface area (Å²) in [7, 11) is 2.10. The molecule has 0 bridgehead atoms. The van der Waals surface area contributed by atoms with E-state index in [1.54, 1.807) is 11.3 Å². The number of rotatable bonds is 3. The predicted molar refractivity (Wildman–Crippen MR) is 65.3 cm³/mol. The lowest BCUT2D eigenvalue weighted by Crippen LogP contribution is -2.48. The van der Waals surface area contributed by atoms with E-state index in [2.05, 4.69) is 16.8 Å². The summed E-state index contributed by atoms with van der Waals surface area (Å²) >= 11 is 1.60. The van der Waals surface area contributed by atoms with Crippen LogP contribution in [0.25, 0.3) is 0 Å². The molecule has 0 radical (unpaired) electrons. The van der Waals surface area contributed by atoms with E-state index < -0.39 is 0 Å². The van der Waals surface area contributed by atoms with E-state index >= 15 is 0 Å². The molecule has 88 valence electrons. The highest BCUT2D eigenvalue weighted by Gasteiger charge is 2.28. The van der Waals surface area contributed by atoms with Crippen LogP contribution in [-0.4, -0.2) is 48.9 Å². The van der Waals surface area contributed by atoms with Gasteiger partial charge >= 0.3 is 0 Å². The zero-order valence-corrected chi connectivity index (χ0v) is 10.2. The molecule has 1 aliphatic heterocycles. The van der Waals surface area contributed by atoms with Crippen LogP contribution in [0, 0.1) is 0 Å². The van der Waals surface area contributed by atoms with Crippen molar-refractivity contribution < 1.29 is 4.79 Å². The van der Waals surface area contributed by atoms with Gasteiger partial charge in [0.05, 0.1) is 0 Å². The summed E-state index contributed by atoms with van der Waals surface area (Å²) in [5, 5.41) is 1.99. The van der Waals surface area contributed by atoms with E-state index in [1.165, 1.54) is 0 Å². The zero-order chi connectivity index (χ0) is 11.5. The lowest BCUT2D eigenvalue weighted by Gasteiger charge is -2.36. The highest BCUT2D eigenvalue weighted by Crippen LogP contribution is 2.25. The fourth-order valence-corrected chi connectivity index (χ4v) is 2.89. The topological polar surface area (TPSA) is 49.6 Å². The van der Waals surface area contributed by atoms with Crippen molar-refractivity contribution in [1.29, 1.82) is 0 Å². The highest BCUT2D eigenvalue weighted by molar-refractivity contribution is 7.10. The van der Waals surface area contributed by atoms with Crippen molar-refractivity contribution in [3.8, 4) is 0 Å². The van der Waals surface area contributed by atoms with Gasteiger partial charge in [-0.1, -0.05) is 6.07 Å². The predicted octanol–water partition coefficient (Wildman–Crippen LogP) is 0.522. The second-order valence-electron chi connectivity index (χ2n) is 4.16. The number of carbonyl (C=O) groups excluding carboxylic acids is 1. The second-order valence-corrected chi connectivity index (χ2v) is 5.14. The molecule has 1 atom stereocenters. The van der Waals surface area contributed by atoms with Crippen molar-refractivity contribution in [1.82, 2.24) is 9.80 Å². The molecule has 1 aromatic heterocycles. The Bertz CT molecular complexity index is 344. The molecule has 4 nitrogen and oxygen atoms in total. The van der Waals surface area contributed by atoms with Crippen molar-refractivity contribution in [3.63, 3.8) is 0 Å². The Balaban J connectivity index is 2.11. The van der Waals surface area contributed by atoms with Crippen LogP contribution in [0.3, 0.4) is 0 Å². The third-order valence-electron chi connectivity index (χ3n) is 2.99. The Morgan fingerprint density at radius 2 is 2.12 bits per heavy atom. The molecule has 0 spiro atoms. The largest absolute Gasteiger partial charge is 0.368 e. The first-order valence-electron chi connectivity index (χ1n) is 5.44. The number of thiophene rings is 1. The van der Waals surface area contributed by atoms with E-state index in [9.17, 15) is 4.79 Å². The zero-order valence-electron chi connectivity index (χ0n) is 9.43. The van der Waals surface area contributed by atoms with Gasteiger partial charge in [-0.15, -0.1) is 11.3 Å². The molecular formula is C11H17N3OS.